The lowest BCUT2D eigenvalue weighted by molar-refractivity contribution is -0.152. The van der Waals surface area contributed by atoms with Crippen molar-refractivity contribution in [2.24, 2.45) is 5.41 Å². The molecule has 3 fully saturated rings. The third-order valence-electron chi connectivity index (χ3n) is 4.28. The van der Waals surface area contributed by atoms with Gasteiger partial charge in [-0.3, -0.25) is 9.69 Å². The molecule has 0 aromatic heterocycles. The molecule has 2 aliphatic heterocycles. The van der Waals surface area contributed by atoms with E-state index in [2.05, 4.69) is 10.2 Å². The summed E-state index contributed by atoms with van der Waals surface area (Å²) in [7, 11) is 0. The number of aliphatic hydroxyl groups is 1. The molecule has 0 aromatic carbocycles. The number of nitrogens with zero attached hydrogens (tertiary/aromatic N) is 1. The molecule has 18 heavy (non-hydrogen) atoms. The lowest BCUT2D eigenvalue weighted by Gasteiger charge is -2.43. The van der Waals surface area contributed by atoms with Gasteiger partial charge in [-0.15, -0.1) is 0 Å². The van der Waals surface area contributed by atoms with Crippen LogP contribution in [0, 0.1) is 5.41 Å². The van der Waals surface area contributed by atoms with E-state index in [1.165, 1.54) is 0 Å². The Balaban J connectivity index is 1.58. The van der Waals surface area contributed by atoms with Crippen LogP contribution in [0.2, 0.25) is 0 Å². The van der Waals surface area contributed by atoms with E-state index in [9.17, 15) is 9.90 Å². The Morgan fingerprint density at radius 1 is 1.39 bits per heavy atom. The molecular weight excluding hydrogens is 232 g/mol. The van der Waals surface area contributed by atoms with E-state index in [1.807, 2.05) is 0 Å². The molecule has 1 saturated carbocycles. The van der Waals surface area contributed by atoms with Gasteiger partial charge >= 0.3 is 0 Å². The number of hydrogen-bond acceptors (Lipinski definition) is 4. The predicted octanol–water partition coefficient (Wildman–Crippen LogP) is -0.262. The number of aliphatic hydroxyl groups excluding tert-OH is 1. The number of likely N-dealkylation sites (tertiary alicyclic amines) is 1. The summed E-state index contributed by atoms with van der Waals surface area (Å²) in [4.78, 5) is 14.4. The van der Waals surface area contributed by atoms with Crippen molar-refractivity contribution >= 4 is 5.91 Å². The normalized spacial score (nSPS) is 31.1. The second-order valence-electron chi connectivity index (χ2n) is 6.06. The van der Waals surface area contributed by atoms with Gasteiger partial charge in [-0.2, -0.15) is 0 Å². The van der Waals surface area contributed by atoms with E-state index in [-0.39, 0.29) is 24.0 Å². The molecule has 5 nitrogen and oxygen atoms in total. The van der Waals surface area contributed by atoms with E-state index in [4.69, 9.17) is 4.74 Å². The predicted molar refractivity (Wildman–Crippen MR) is 66.1 cm³/mol. The third kappa shape index (κ3) is 2.39. The Hall–Kier alpha value is -0.650. The minimum absolute atomic E-state index is 0.00891. The van der Waals surface area contributed by atoms with Crippen LogP contribution in [0.4, 0.5) is 0 Å². The van der Waals surface area contributed by atoms with E-state index < -0.39 is 0 Å². The number of carbonyl (C=O) groups excluding carboxylic acids is 1. The van der Waals surface area contributed by atoms with Gasteiger partial charge in [0.15, 0.2) is 0 Å². The Bertz CT molecular complexity index is 321. The molecular formula is C13H22N2O3. The summed E-state index contributed by atoms with van der Waals surface area (Å²) in [5.74, 6) is 0.184. The number of nitrogens with one attached hydrogen (secondary N) is 1. The van der Waals surface area contributed by atoms with Crippen LogP contribution in [0.5, 0.6) is 0 Å². The van der Waals surface area contributed by atoms with E-state index in [0.29, 0.717) is 19.3 Å². The number of hydrogen-bond donors (Lipinski definition) is 2. The summed E-state index contributed by atoms with van der Waals surface area (Å²) in [5, 5.41) is 12.6. The number of carbonyl (C=O) groups is 1. The van der Waals surface area contributed by atoms with E-state index in [0.717, 1.165) is 38.8 Å². The van der Waals surface area contributed by atoms with Crippen molar-refractivity contribution in [3.8, 4) is 0 Å². The van der Waals surface area contributed by atoms with E-state index >= 15 is 0 Å². The van der Waals surface area contributed by atoms with Gasteiger partial charge in [0.25, 0.3) is 0 Å². The highest BCUT2D eigenvalue weighted by molar-refractivity contribution is 5.82. The smallest absolute Gasteiger partial charge is 0.237 e. The first-order valence-electron chi connectivity index (χ1n) is 6.95. The SMILES string of the molecule is O=C(NC1CC1)C1CCCN1CC1(CO)COC1. The first kappa shape index (κ1) is 12.4. The molecule has 3 rings (SSSR count). The van der Waals surface area contributed by atoms with Gasteiger partial charge in [0.1, 0.15) is 0 Å². The lowest BCUT2D eigenvalue weighted by Crippen LogP contribution is -2.56. The zero-order valence-electron chi connectivity index (χ0n) is 10.7. The van der Waals surface area contributed by atoms with Gasteiger partial charge < -0.3 is 15.2 Å². The Labute approximate surface area is 107 Å². The Kier molecular flexibility index (Phi) is 3.30. The van der Waals surface area contributed by atoms with Gasteiger partial charge in [0, 0.05) is 12.6 Å². The molecule has 1 aliphatic carbocycles. The van der Waals surface area contributed by atoms with Crippen LogP contribution < -0.4 is 5.32 Å². The Morgan fingerprint density at radius 2 is 2.17 bits per heavy atom. The Morgan fingerprint density at radius 3 is 2.72 bits per heavy atom. The quantitative estimate of drug-likeness (QED) is 0.709. The molecule has 3 aliphatic rings. The second-order valence-corrected chi connectivity index (χ2v) is 6.06. The maximum absolute atomic E-state index is 12.1. The minimum Gasteiger partial charge on any atom is -0.396 e. The second kappa shape index (κ2) is 4.79. The molecule has 1 unspecified atom stereocenters. The van der Waals surface area contributed by atoms with Crippen LogP contribution in [0.25, 0.3) is 0 Å². The number of ether oxygens (including phenoxy) is 1. The van der Waals surface area contributed by atoms with Crippen LogP contribution in [0.15, 0.2) is 0 Å². The van der Waals surface area contributed by atoms with Gasteiger partial charge in [0.2, 0.25) is 5.91 Å². The summed E-state index contributed by atoms with van der Waals surface area (Å²) in [6.07, 6.45) is 4.28. The molecule has 1 atom stereocenters. The van der Waals surface area contributed by atoms with Crippen LogP contribution in [-0.2, 0) is 9.53 Å². The zero-order chi connectivity index (χ0) is 12.6. The molecule has 2 saturated heterocycles. The molecule has 5 heteroatoms. The molecule has 102 valence electrons. The van der Waals surface area contributed by atoms with Crippen molar-refractivity contribution in [2.75, 3.05) is 32.9 Å². The highest BCUT2D eigenvalue weighted by atomic mass is 16.5. The van der Waals surface area contributed by atoms with Crippen molar-refractivity contribution in [1.82, 2.24) is 10.2 Å². The highest BCUT2D eigenvalue weighted by Gasteiger charge is 2.43. The molecule has 0 bridgehead atoms. The molecule has 0 aromatic rings. The standard InChI is InChI=1S/C13H22N2O3/c16-7-13(8-18-9-13)6-15-5-1-2-11(15)12(17)14-10-3-4-10/h10-11,16H,1-9H2,(H,14,17). The molecule has 0 spiro atoms. The summed E-state index contributed by atoms with van der Waals surface area (Å²) in [6, 6.07) is 0.438. The largest absolute Gasteiger partial charge is 0.396 e. The minimum atomic E-state index is -0.123. The molecule has 1 amide bonds. The number of rotatable bonds is 5. The maximum atomic E-state index is 12.1. The van der Waals surface area contributed by atoms with Crippen LogP contribution in [0.1, 0.15) is 25.7 Å². The fourth-order valence-corrected chi connectivity index (χ4v) is 2.89. The lowest BCUT2D eigenvalue weighted by atomic mass is 9.86. The zero-order valence-corrected chi connectivity index (χ0v) is 10.7. The topological polar surface area (TPSA) is 61.8 Å². The van der Waals surface area contributed by atoms with Gasteiger partial charge in [0.05, 0.1) is 31.3 Å². The van der Waals surface area contributed by atoms with Gasteiger partial charge in [-0.05, 0) is 32.2 Å². The first-order valence-corrected chi connectivity index (χ1v) is 6.95. The molecule has 2 heterocycles. The van der Waals surface area contributed by atoms with Crippen molar-refractivity contribution in [3.63, 3.8) is 0 Å². The summed E-state index contributed by atoms with van der Waals surface area (Å²) < 4.78 is 5.22. The number of amides is 1. The summed E-state index contributed by atoms with van der Waals surface area (Å²) in [6.45, 7) is 3.14. The molecule has 2 N–H and O–H groups in total. The fourth-order valence-electron chi connectivity index (χ4n) is 2.89. The van der Waals surface area contributed by atoms with Crippen molar-refractivity contribution < 1.29 is 14.6 Å². The maximum Gasteiger partial charge on any atom is 0.237 e. The van der Waals surface area contributed by atoms with Crippen molar-refractivity contribution in [2.45, 2.75) is 37.8 Å². The monoisotopic (exact) mass is 254 g/mol. The van der Waals surface area contributed by atoms with Gasteiger partial charge in [-0.1, -0.05) is 0 Å². The fraction of sp³-hybridized carbons (Fsp3) is 0.923. The average molecular weight is 254 g/mol. The van der Waals surface area contributed by atoms with Crippen molar-refractivity contribution in [1.29, 1.82) is 0 Å². The van der Waals surface area contributed by atoms with Gasteiger partial charge in [-0.25, -0.2) is 0 Å². The highest BCUT2D eigenvalue weighted by Crippen LogP contribution is 2.31. The molecule has 0 radical (unpaired) electrons. The van der Waals surface area contributed by atoms with Crippen LogP contribution >= 0.6 is 0 Å². The third-order valence-corrected chi connectivity index (χ3v) is 4.28. The average Bonchev–Trinajstić information content (AvgIpc) is 3.00. The van der Waals surface area contributed by atoms with Crippen molar-refractivity contribution in [3.05, 3.63) is 0 Å². The summed E-state index contributed by atoms with van der Waals surface area (Å²) in [5.41, 5.74) is -0.123. The van der Waals surface area contributed by atoms with E-state index in [1.54, 1.807) is 0 Å². The summed E-state index contributed by atoms with van der Waals surface area (Å²) >= 11 is 0. The van der Waals surface area contributed by atoms with Crippen LogP contribution in [0.3, 0.4) is 0 Å². The van der Waals surface area contributed by atoms with Crippen LogP contribution in [-0.4, -0.2) is 60.9 Å². The first-order chi connectivity index (χ1) is 8.72.